The number of terminal acetylenes is 1. The number of fused-ring (bicyclic) bond motifs is 3. The summed E-state index contributed by atoms with van der Waals surface area (Å²) >= 11 is 0. The van der Waals surface area contributed by atoms with Crippen LogP contribution < -0.4 is 0 Å². The predicted molar refractivity (Wildman–Crippen MR) is 115 cm³/mol. The number of hydrogen-bond acceptors (Lipinski definition) is 2. The van der Waals surface area contributed by atoms with Crippen molar-refractivity contribution in [3.8, 4) is 12.3 Å². The van der Waals surface area contributed by atoms with Gasteiger partial charge in [0.1, 0.15) is 5.78 Å². The fraction of sp³-hybridized carbons (Fsp3) is 0.875. The SMILES string of the molecule is C#CCC[C@H]1C(=O)CC[C@@H]2[C@@H]1CC[C@]1(C)[C@@H](O[Si](C)(C)C(C)(C)C)CC[C@@H]21. The van der Waals surface area contributed by atoms with E-state index in [4.69, 9.17) is 10.8 Å². The van der Waals surface area contributed by atoms with Gasteiger partial charge in [-0.05, 0) is 79.8 Å². The number of ketones is 1. The van der Waals surface area contributed by atoms with Crippen molar-refractivity contribution >= 4 is 14.1 Å². The van der Waals surface area contributed by atoms with Crippen molar-refractivity contribution in [3.05, 3.63) is 0 Å². The maximum atomic E-state index is 12.6. The Kier molecular flexibility index (Phi) is 5.74. The Balaban J connectivity index is 1.78. The molecule has 3 aliphatic rings. The summed E-state index contributed by atoms with van der Waals surface area (Å²) in [5.74, 6) is 5.49. The van der Waals surface area contributed by atoms with Crippen molar-refractivity contribution in [2.75, 3.05) is 0 Å². The van der Waals surface area contributed by atoms with Crippen LogP contribution in [0.5, 0.6) is 0 Å². The van der Waals surface area contributed by atoms with Gasteiger partial charge in [-0.3, -0.25) is 4.79 Å². The molecule has 2 nitrogen and oxygen atoms in total. The quantitative estimate of drug-likeness (QED) is 0.422. The summed E-state index contributed by atoms with van der Waals surface area (Å²) in [5.41, 5.74) is 0.299. The van der Waals surface area contributed by atoms with E-state index in [0.717, 1.165) is 31.6 Å². The number of hydrogen-bond donors (Lipinski definition) is 0. The lowest BCUT2D eigenvalue weighted by Gasteiger charge is -2.53. The highest BCUT2D eigenvalue weighted by atomic mass is 28.4. The molecular formula is C24H40O2Si. The largest absolute Gasteiger partial charge is 0.413 e. The summed E-state index contributed by atoms with van der Waals surface area (Å²) in [7, 11) is -1.76. The molecule has 152 valence electrons. The van der Waals surface area contributed by atoms with Crippen molar-refractivity contribution in [2.24, 2.45) is 29.1 Å². The van der Waals surface area contributed by atoms with E-state index in [1.54, 1.807) is 0 Å². The minimum absolute atomic E-state index is 0.227. The molecule has 0 aromatic carbocycles. The first-order valence-electron chi connectivity index (χ1n) is 11.2. The van der Waals surface area contributed by atoms with Gasteiger partial charge in [0.2, 0.25) is 0 Å². The van der Waals surface area contributed by atoms with E-state index in [1.165, 1.54) is 25.7 Å². The smallest absolute Gasteiger partial charge is 0.192 e. The van der Waals surface area contributed by atoms with E-state index in [2.05, 4.69) is 46.7 Å². The van der Waals surface area contributed by atoms with E-state index in [9.17, 15) is 4.79 Å². The molecule has 3 rings (SSSR count). The van der Waals surface area contributed by atoms with Crippen molar-refractivity contribution in [1.82, 2.24) is 0 Å². The predicted octanol–water partition coefficient (Wildman–Crippen LogP) is 6.21. The Morgan fingerprint density at radius 3 is 2.52 bits per heavy atom. The highest BCUT2D eigenvalue weighted by molar-refractivity contribution is 6.74. The Labute approximate surface area is 168 Å². The van der Waals surface area contributed by atoms with E-state index in [1.807, 2.05) is 0 Å². The van der Waals surface area contributed by atoms with Crippen molar-refractivity contribution in [1.29, 1.82) is 0 Å². The number of Topliss-reactive ketones (excluding diaryl/α,β-unsaturated/α-hetero) is 1. The van der Waals surface area contributed by atoms with Gasteiger partial charge in [0.25, 0.3) is 0 Å². The van der Waals surface area contributed by atoms with Crippen LogP contribution in [-0.2, 0) is 9.22 Å². The fourth-order valence-corrected chi connectivity index (χ4v) is 7.71. The monoisotopic (exact) mass is 388 g/mol. The second-order valence-electron chi connectivity index (χ2n) is 11.3. The Bertz CT molecular complexity index is 611. The molecule has 3 heteroatoms. The molecule has 0 saturated heterocycles. The van der Waals surface area contributed by atoms with E-state index < -0.39 is 8.32 Å². The van der Waals surface area contributed by atoms with Gasteiger partial charge >= 0.3 is 0 Å². The van der Waals surface area contributed by atoms with Gasteiger partial charge in [-0.15, -0.1) is 12.3 Å². The maximum Gasteiger partial charge on any atom is 0.192 e. The molecule has 0 amide bonds. The molecule has 0 bridgehead atoms. The average Bonchev–Trinajstić information content (AvgIpc) is 2.89. The lowest BCUT2D eigenvalue weighted by Crippen LogP contribution is -2.52. The van der Waals surface area contributed by atoms with Crippen molar-refractivity contribution in [3.63, 3.8) is 0 Å². The molecule has 0 spiro atoms. The number of rotatable bonds is 4. The second-order valence-corrected chi connectivity index (χ2v) is 16.0. The molecule has 0 aromatic heterocycles. The lowest BCUT2D eigenvalue weighted by molar-refractivity contribution is -0.134. The molecule has 0 aromatic rings. The summed E-state index contributed by atoms with van der Waals surface area (Å²) < 4.78 is 6.97. The van der Waals surface area contributed by atoms with Gasteiger partial charge in [-0.25, -0.2) is 0 Å². The zero-order chi connectivity index (χ0) is 20.0. The second kappa shape index (κ2) is 7.34. The molecule has 0 radical (unpaired) electrons. The third-order valence-corrected chi connectivity index (χ3v) is 13.4. The van der Waals surface area contributed by atoms with Crippen LogP contribution in [0.1, 0.15) is 79.1 Å². The van der Waals surface area contributed by atoms with Crippen molar-refractivity contribution in [2.45, 2.75) is 103 Å². The van der Waals surface area contributed by atoms with Crippen molar-refractivity contribution < 1.29 is 9.22 Å². The molecular weight excluding hydrogens is 348 g/mol. The van der Waals surface area contributed by atoms with Gasteiger partial charge in [0.15, 0.2) is 8.32 Å². The standard InChI is InChI=1S/C24H40O2Si/c1-8-9-10-19-17-15-16-24(5)20(18(17)11-13-21(19)25)12-14-22(24)26-27(6,7)23(2,3)4/h1,17-20,22H,9-16H2,2-7H3/t17-,18+,19+,20-,22-,24-/m0/s1. The summed E-state index contributed by atoms with van der Waals surface area (Å²) in [6, 6.07) is 0. The molecule has 3 fully saturated rings. The third kappa shape index (κ3) is 3.69. The van der Waals surface area contributed by atoms with E-state index >= 15 is 0 Å². The van der Waals surface area contributed by atoms with Crippen LogP contribution in [-0.4, -0.2) is 20.2 Å². The minimum Gasteiger partial charge on any atom is -0.413 e. The van der Waals surface area contributed by atoms with Crippen LogP contribution >= 0.6 is 0 Å². The first kappa shape index (κ1) is 21.1. The molecule has 0 unspecified atom stereocenters. The highest BCUT2D eigenvalue weighted by Gasteiger charge is 2.58. The normalized spacial score (nSPS) is 39.6. The Hall–Kier alpha value is -0.593. The number of carbonyl (C=O) groups excluding carboxylic acids is 1. The van der Waals surface area contributed by atoms with Crippen LogP contribution in [0.3, 0.4) is 0 Å². The van der Waals surface area contributed by atoms with Crippen LogP contribution in [0.2, 0.25) is 18.1 Å². The first-order valence-corrected chi connectivity index (χ1v) is 14.1. The van der Waals surface area contributed by atoms with E-state index in [-0.39, 0.29) is 11.0 Å². The average molecular weight is 389 g/mol. The fourth-order valence-electron chi connectivity index (χ4n) is 6.26. The first-order chi connectivity index (χ1) is 12.5. The topological polar surface area (TPSA) is 26.3 Å². The van der Waals surface area contributed by atoms with Crippen LogP contribution in [0.25, 0.3) is 0 Å². The summed E-state index contributed by atoms with van der Waals surface area (Å²) in [6.45, 7) is 14.3. The molecule has 0 aliphatic heterocycles. The minimum atomic E-state index is -1.76. The van der Waals surface area contributed by atoms with E-state index in [0.29, 0.717) is 29.1 Å². The molecule has 0 N–H and O–H groups in total. The summed E-state index contributed by atoms with van der Waals surface area (Å²) in [5, 5.41) is 0.260. The summed E-state index contributed by atoms with van der Waals surface area (Å²) in [6.07, 6.45) is 14.3. The Morgan fingerprint density at radius 2 is 1.89 bits per heavy atom. The van der Waals surface area contributed by atoms with Gasteiger partial charge in [0.05, 0.1) is 6.10 Å². The van der Waals surface area contributed by atoms with Crippen LogP contribution in [0.15, 0.2) is 0 Å². The lowest BCUT2D eigenvalue weighted by atomic mass is 9.53. The number of carbonyl (C=O) groups is 1. The zero-order valence-electron chi connectivity index (χ0n) is 18.4. The van der Waals surface area contributed by atoms with Gasteiger partial charge < -0.3 is 4.43 Å². The van der Waals surface area contributed by atoms with Gasteiger partial charge in [-0.1, -0.05) is 27.7 Å². The zero-order valence-corrected chi connectivity index (χ0v) is 19.4. The van der Waals surface area contributed by atoms with Crippen LogP contribution in [0.4, 0.5) is 0 Å². The molecule has 3 saturated carbocycles. The molecule has 3 aliphatic carbocycles. The van der Waals surface area contributed by atoms with Crippen LogP contribution in [0, 0.1) is 41.4 Å². The Morgan fingerprint density at radius 1 is 1.19 bits per heavy atom. The molecule has 6 atom stereocenters. The summed E-state index contributed by atoms with van der Waals surface area (Å²) in [4.78, 5) is 12.6. The highest BCUT2D eigenvalue weighted by Crippen LogP contribution is 2.61. The maximum absolute atomic E-state index is 12.6. The van der Waals surface area contributed by atoms with Gasteiger partial charge in [0, 0.05) is 18.8 Å². The van der Waals surface area contributed by atoms with Gasteiger partial charge in [-0.2, -0.15) is 0 Å². The third-order valence-electron chi connectivity index (χ3n) is 8.90. The molecule has 0 heterocycles. The molecule has 27 heavy (non-hydrogen) atoms.